The molecule has 0 bridgehead atoms. The van der Waals surface area contributed by atoms with Gasteiger partial charge in [-0.1, -0.05) is 12.1 Å². The Morgan fingerprint density at radius 3 is 2.83 bits per heavy atom. The first kappa shape index (κ1) is 15.6. The van der Waals surface area contributed by atoms with Crippen LogP contribution in [0.2, 0.25) is 0 Å². The summed E-state index contributed by atoms with van der Waals surface area (Å²) in [6, 6.07) is 12.8. The fourth-order valence-corrected chi connectivity index (χ4v) is 3.77. The van der Waals surface area contributed by atoms with E-state index < -0.39 is 0 Å². The molecule has 0 radical (unpaired) electrons. The molecule has 5 heteroatoms. The highest BCUT2D eigenvalue weighted by atomic mass is 35.5. The molecular formula is C19H20ClNO3. The van der Waals surface area contributed by atoms with Crippen LogP contribution in [-0.2, 0) is 12.8 Å². The predicted octanol–water partition coefficient (Wildman–Crippen LogP) is 4.11. The molecule has 2 atom stereocenters. The maximum Gasteiger partial charge on any atom is 0.231 e. The molecule has 0 saturated heterocycles. The molecule has 4 nitrogen and oxygen atoms in total. The molecule has 2 aliphatic rings. The average Bonchev–Trinajstić information content (AvgIpc) is 3.06. The fourth-order valence-electron chi connectivity index (χ4n) is 3.53. The van der Waals surface area contributed by atoms with Crippen LogP contribution in [0, 0.1) is 0 Å². The molecule has 2 aromatic carbocycles. The lowest BCUT2D eigenvalue weighted by Gasteiger charge is -2.37. The van der Waals surface area contributed by atoms with Gasteiger partial charge in [0, 0.05) is 6.04 Å². The summed E-state index contributed by atoms with van der Waals surface area (Å²) in [6.07, 6.45) is 1.76. The Kier molecular flexibility index (Phi) is 4.02. The second-order valence-corrected chi connectivity index (χ2v) is 6.76. The Morgan fingerprint density at radius 2 is 2.00 bits per heavy atom. The molecule has 0 aliphatic carbocycles. The molecule has 2 aromatic rings. The number of nitrogens with zero attached hydrogens (tertiary/aromatic N) is 1. The van der Waals surface area contributed by atoms with Crippen molar-refractivity contribution in [2.45, 2.75) is 31.8 Å². The number of hydrogen-bond donors (Lipinski definition) is 0. The van der Waals surface area contributed by atoms with E-state index in [9.17, 15) is 0 Å². The molecule has 0 amide bonds. The van der Waals surface area contributed by atoms with Crippen molar-refractivity contribution in [3.8, 4) is 17.2 Å². The third-order valence-corrected chi connectivity index (χ3v) is 5.38. The van der Waals surface area contributed by atoms with Gasteiger partial charge in [-0.2, -0.15) is 0 Å². The van der Waals surface area contributed by atoms with Crippen molar-refractivity contribution in [1.82, 2.24) is 4.42 Å². The average molecular weight is 346 g/mol. The topological polar surface area (TPSA) is 30.9 Å². The second kappa shape index (κ2) is 6.19. The molecule has 2 heterocycles. The van der Waals surface area contributed by atoms with Gasteiger partial charge in [-0.15, -0.1) is 0 Å². The third-order valence-electron chi connectivity index (χ3n) is 4.81. The first-order valence-corrected chi connectivity index (χ1v) is 8.49. The highest BCUT2D eigenvalue weighted by molar-refractivity contribution is 6.14. The van der Waals surface area contributed by atoms with Gasteiger partial charge in [0.25, 0.3) is 0 Å². The number of hydrogen-bond acceptors (Lipinski definition) is 4. The van der Waals surface area contributed by atoms with Crippen molar-refractivity contribution >= 4 is 11.8 Å². The zero-order valence-corrected chi connectivity index (χ0v) is 14.5. The van der Waals surface area contributed by atoms with Crippen LogP contribution >= 0.6 is 11.8 Å². The van der Waals surface area contributed by atoms with Crippen LogP contribution in [-0.4, -0.2) is 24.4 Å². The van der Waals surface area contributed by atoms with Crippen molar-refractivity contribution in [1.29, 1.82) is 0 Å². The summed E-state index contributed by atoms with van der Waals surface area (Å²) in [7, 11) is 1.69. The molecule has 2 aliphatic heterocycles. The van der Waals surface area contributed by atoms with E-state index in [0.717, 1.165) is 30.1 Å². The molecule has 0 aromatic heterocycles. The van der Waals surface area contributed by atoms with Crippen molar-refractivity contribution in [3.05, 3.63) is 53.1 Å². The summed E-state index contributed by atoms with van der Waals surface area (Å²) in [6.45, 7) is 2.45. The molecular weight excluding hydrogens is 326 g/mol. The number of ether oxygens (including phenoxy) is 3. The van der Waals surface area contributed by atoms with Gasteiger partial charge < -0.3 is 14.2 Å². The maximum absolute atomic E-state index is 6.66. The van der Waals surface area contributed by atoms with Crippen LogP contribution in [0.1, 0.15) is 29.7 Å². The predicted molar refractivity (Wildman–Crippen MR) is 92.9 cm³/mol. The smallest absolute Gasteiger partial charge is 0.231 e. The number of rotatable bonds is 3. The summed E-state index contributed by atoms with van der Waals surface area (Å²) in [5, 5.41) is 0. The van der Waals surface area contributed by atoms with E-state index in [1.54, 1.807) is 7.11 Å². The summed E-state index contributed by atoms with van der Waals surface area (Å²) >= 11 is 6.66. The molecule has 0 N–H and O–H groups in total. The van der Waals surface area contributed by atoms with Crippen molar-refractivity contribution in [3.63, 3.8) is 0 Å². The van der Waals surface area contributed by atoms with Gasteiger partial charge in [-0.25, -0.2) is 4.42 Å². The second-order valence-electron chi connectivity index (χ2n) is 6.37. The van der Waals surface area contributed by atoms with Crippen molar-refractivity contribution in [2.24, 2.45) is 0 Å². The number of fused-ring (bicyclic) bond motifs is 2. The molecule has 4 rings (SSSR count). The van der Waals surface area contributed by atoms with E-state index in [0.29, 0.717) is 6.79 Å². The summed E-state index contributed by atoms with van der Waals surface area (Å²) in [5.41, 5.74) is 3.75. The Balaban J connectivity index is 1.68. The van der Waals surface area contributed by atoms with Crippen LogP contribution in [0.3, 0.4) is 0 Å². The molecule has 0 spiro atoms. The van der Waals surface area contributed by atoms with Gasteiger partial charge >= 0.3 is 0 Å². The van der Waals surface area contributed by atoms with Crippen LogP contribution < -0.4 is 14.2 Å². The van der Waals surface area contributed by atoms with E-state index in [2.05, 4.69) is 25.1 Å². The zero-order valence-electron chi connectivity index (χ0n) is 13.8. The van der Waals surface area contributed by atoms with Gasteiger partial charge in [0.2, 0.25) is 6.79 Å². The van der Waals surface area contributed by atoms with E-state index in [-0.39, 0.29) is 12.1 Å². The summed E-state index contributed by atoms with van der Waals surface area (Å²) in [5.74, 6) is 2.48. The minimum absolute atomic E-state index is 0.0980. The normalized spacial score (nSPS) is 22.3. The van der Waals surface area contributed by atoms with Crippen molar-refractivity contribution in [2.75, 3.05) is 13.9 Å². The Bertz CT molecular complexity index is 764. The van der Waals surface area contributed by atoms with Gasteiger partial charge in [0.1, 0.15) is 5.75 Å². The van der Waals surface area contributed by atoms with Crippen LogP contribution in [0.25, 0.3) is 0 Å². The van der Waals surface area contributed by atoms with Gasteiger partial charge in [-0.05, 0) is 72.5 Å². The quantitative estimate of drug-likeness (QED) is 0.783. The van der Waals surface area contributed by atoms with Crippen LogP contribution in [0.4, 0.5) is 0 Å². The standard InChI is InChI=1S/C19H20ClNO3/c1-12-7-14-4-5-15(22-2)10-16(14)17(21(12)20)8-13-3-6-18-19(9-13)24-11-23-18/h3-6,9-10,12,17H,7-8,11H2,1-2H3. The lowest BCUT2D eigenvalue weighted by atomic mass is 9.87. The van der Waals surface area contributed by atoms with E-state index in [1.165, 1.54) is 16.7 Å². The highest BCUT2D eigenvalue weighted by Crippen LogP contribution is 2.40. The lowest BCUT2D eigenvalue weighted by molar-refractivity contribution is 0.174. The van der Waals surface area contributed by atoms with Gasteiger partial charge in [0.15, 0.2) is 11.5 Å². The lowest BCUT2D eigenvalue weighted by Crippen LogP contribution is -2.36. The number of methoxy groups -OCH3 is 1. The molecule has 0 fully saturated rings. The molecule has 0 saturated carbocycles. The highest BCUT2D eigenvalue weighted by Gasteiger charge is 2.32. The summed E-state index contributed by atoms with van der Waals surface area (Å²) in [4.78, 5) is 0. The fraction of sp³-hybridized carbons (Fsp3) is 0.368. The maximum atomic E-state index is 6.66. The monoisotopic (exact) mass is 345 g/mol. The van der Waals surface area contributed by atoms with Gasteiger partial charge in [0.05, 0.1) is 13.2 Å². The molecule has 126 valence electrons. The zero-order chi connectivity index (χ0) is 16.7. The first-order valence-electron chi connectivity index (χ1n) is 8.15. The SMILES string of the molecule is COc1ccc2c(c1)C(Cc1ccc3c(c1)OCO3)N(Cl)C(C)C2. The first-order chi connectivity index (χ1) is 11.7. The minimum atomic E-state index is 0.0980. The molecule has 24 heavy (non-hydrogen) atoms. The van der Waals surface area contributed by atoms with E-state index in [1.807, 2.05) is 22.6 Å². The summed E-state index contributed by atoms with van der Waals surface area (Å²) < 4.78 is 18.2. The Morgan fingerprint density at radius 1 is 1.17 bits per heavy atom. The third kappa shape index (κ3) is 2.70. The minimum Gasteiger partial charge on any atom is -0.497 e. The van der Waals surface area contributed by atoms with Crippen LogP contribution in [0.5, 0.6) is 17.2 Å². The largest absolute Gasteiger partial charge is 0.497 e. The Labute approximate surface area is 147 Å². The Hall–Kier alpha value is -1.91. The van der Waals surface area contributed by atoms with Gasteiger partial charge in [-0.3, -0.25) is 0 Å². The van der Waals surface area contributed by atoms with E-state index in [4.69, 9.17) is 26.0 Å². The van der Waals surface area contributed by atoms with Crippen LogP contribution in [0.15, 0.2) is 36.4 Å². The number of halogens is 1. The van der Waals surface area contributed by atoms with E-state index >= 15 is 0 Å². The number of benzene rings is 2. The van der Waals surface area contributed by atoms with Crippen molar-refractivity contribution < 1.29 is 14.2 Å². The molecule has 2 unspecified atom stereocenters.